The predicted molar refractivity (Wildman–Crippen MR) is 92.1 cm³/mol. The van der Waals surface area contributed by atoms with E-state index in [2.05, 4.69) is 24.5 Å². The second-order valence-corrected chi connectivity index (χ2v) is 6.49. The Morgan fingerprint density at radius 1 is 1.09 bits per heavy atom. The smallest absolute Gasteiger partial charge is 0.238 e. The van der Waals surface area contributed by atoms with Gasteiger partial charge in [-0.25, -0.2) is 0 Å². The van der Waals surface area contributed by atoms with Crippen LogP contribution in [0.15, 0.2) is 18.2 Å². The van der Waals surface area contributed by atoms with Crippen molar-refractivity contribution in [1.29, 1.82) is 0 Å². The fourth-order valence-electron chi connectivity index (χ4n) is 3.05. The SMILES string of the molecule is COc1cc(NC(=O)CNC2CCC(C)C(C)C2)cc(OC)c1. The van der Waals surface area contributed by atoms with Gasteiger partial charge in [-0.15, -0.1) is 0 Å². The molecule has 3 atom stereocenters. The maximum atomic E-state index is 12.1. The Balaban J connectivity index is 1.85. The van der Waals surface area contributed by atoms with Gasteiger partial charge in [-0.3, -0.25) is 4.79 Å². The quantitative estimate of drug-likeness (QED) is 0.846. The average Bonchev–Trinajstić information content (AvgIpc) is 2.55. The van der Waals surface area contributed by atoms with Gasteiger partial charge in [-0.2, -0.15) is 0 Å². The maximum absolute atomic E-state index is 12.1. The zero-order valence-corrected chi connectivity index (χ0v) is 14.5. The molecular formula is C18H28N2O3. The van der Waals surface area contributed by atoms with Gasteiger partial charge in [0, 0.05) is 29.9 Å². The van der Waals surface area contributed by atoms with Crippen LogP contribution in [0.3, 0.4) is 0 Å². The van der Waals surface area contributed by atoms with E-state index < -0.39 is 0 Å². The summed E-state index contributed by atoms with van der Waals surface area (Å²) < 4.78 is 10.4. The second kappa shape index (κ2) is 8.20. The first kappa shape index (κ1) is 17.6. The van der Waals surface area contributed by atoms with Gasteiger partial charge in [0.2, 0.25) is 5.91 Å². The van der Waals surface area contributed by atoms with Gasteiger partial charge in [0.1, 0.15) is 11.5 Å². The maximum Gasteiger partial charge on any atom is 0.238 e. The predicted octanol–water partition coefficient (Wildman–Crippen LogP) is 3.06. The number of hydrogen-bond acceptors (Lipinski definition) is 4. The number of nitrogens with one attached hydrogen (secondary N) is 2. The van der Waals surface area contributed by atoms with Crippen molar-refractivity contribution in [2.24, 2.45) is 11.8 Å². The van der Waals surface area contributed by atoms with Gasteiger partial charge in [0.25, 0.3) is 0 Å². The number of benzene rings is 1. The number of anilines is 1. The third-order valence-corrected chi connectivity index (χ3v) is 4.78. The van der Waals surface area contributed by atoms with Crippen molar-refractivity contribution in [1.82, 2.24) is 5.32 Å². The van der Waals surface area contributed by atoms with E-state index in [9.17, 15) is 4.79 Å². The molecule has 0 aliphatic heterocycles. The Morgan fingerprint density at radius 2 is 1.74 bits per heavy atom. The van der Waals surface area contributed by atoms with Gasteiger partial charge in [0.05, 0.1) is 20.8 Å². The van der Waals surface area contributed by atoms with E-state index in [-0.39, 0.29) is 5.91 Å². The van der Waals surface area contributed by atoms with E-state index in [1.807, 2.05) is 0 Å². The molecule has 1 fully saturated rings. The summed E-state index contributed by atoms with van der Waals surface area (Å²) in [5.41, 5.74) is 0.679. The van der Waals surface area contributed by atoms with E-state index in [1.165, 1.54) is 6.42 Å². The lowest BCUT2D eigenvalue weighted by molar-refractivity contribution is -0.115. The number of carbonyl (C=O) groups is 1. The van der Waals surface area contributed by atoms with Crippen molar-refractivity contribution in [3.05, 3.63) is 18.2 Å². The minimum absolute atomic E-state index is 0.0495. The molecule has 2 rings (SSSR count). The first-order chi connectivity index (χ1) is 11.0. The molecule has 0 heterocycles. The number of methoxy groups -OCH3 is 2. The van der Waals surface area contributed by atoms with E-state index >= 15 is 0 Å². The lowest BCUT2D eigenvalue weighted by Gasteiger charge is -2.32. The molecule has 23 heavy (non-hydrogen) atoms. The van der Waals surface area contributed by atoms with Crippen LogP contribution in [0.5, 0.6) is 11.5 Å². The molecule has 1 amide bonds. The van der Waals surface area contributed by atoms with E-state index in [4.69, 9.17) is 9.47 Å². The lowest BCUT2D eigenvalue weighted by Crippen LogP contribution is -2.40. The highest BCUT2D eigenvalue weighted by atomic mass is 16.5. The largest absolute Gasteiger partial charge is 0.497 e. The zero-order valence-electron chi connectivity index (χ0n) is 14.5. The summed E-state index contributed by atoms with van der Waals surface area (Å²) in [6.07, 6.45) is 3.51. The molecular weight excluding hydrogens is 292 g/mol. The summed E-state index contributed by atoms with van der Waals surface area (Å²) in [5, 5.41) is 6.26. The highest BCUT2D eigenvalue weighted by Gasteiger charge is 2.24. The molecule has 0 spiro atoms. The molecule has 0 bridgehead atoms. The van der Waals surface area contributed by atoms with Crippen LogP contribution in [-0.4, -0.2) is 32.7 Å². The van der Waals surface area contributed by atoms with Crippen molar-refractivity contribution >= 4 is 11.6 Å². The number of carbonyl (C=O) groups excluding carboxylic acids is 1. The molecule has 0 radical (unpaired) electrons. The van der Waals surface area contributed by atoms with Gasteiger partial charge in [-0.05, 0) is 31.1 Å². The molecule has 0 aromatic heterocycles. The van der Waals surface area contributed by atoms with Crippen LogP contribution in [0.1, 0.15) is 33.1 Å². The fraction of sp³-hybridized carbons (Fsp3) is 0.611. The topological polar surface area (TPSA) is 59.6 Å². The number of rotatable bonds is 6. The highest BCUT2D eigenvalue weighted by Crippen LogP contribution is 2.29. The Hall–Kier alpha value is -1.75. The van der Waals surface area contributed by atoms with Crippen molar-refractivity contribution in [3.8, 4) is 11.5 Å². The Bertz CT molecular complexity index is 511. The Labute approximate surface area is 138 Å². The Kier molecular flexibility index (Phi) is 6.28. The van der Waals surface area contributed by atoms with Crippen LogP contribution >= 0.6 is 0 Å². The number of amides is 1. The second-order valence-electron chi connectivity index (χ2n) is 6.49. The number of ether oxygens (including phenoxy) is 2. The fourth-order valence-corrected chi connectivity index (χ4v) is 3.05. The summed E-state index contributed by atoms with van der Waals surface area (Å²) in [6.45, 7) is 4.93. The van der Waals surface area contributed by atoms with E-state index in [0.717, 1.165) is 18.8 Å². The molecule has 5 heteroatoms. The monoisotopic (exact) mass is 320 g/mol. The molecule has 3 unspecified atom stereocenters. The number of hydrogen-bond donors (Lipinski definition) is 2. The zero-order chi connectivity index (χ0) is 16.8. The van der Waals surface area contributed by atoms with Crippen LogP contribution in [-0.2, 0) is 4.79 Å². The third-order valence-electron chi connectivity index (χ3n) is 4.78. The Morgan fingerprint density at radius 3 is 2.30 bits per heavy atom. The van der Waals surface area contributed by atoms with Gasteiger partial charge in [-0.1, -0.05) is 13.8 Å². The molecule has 1 saturated carbocycles. The normalized spacial score (nSPS) is 24.1. The molecule has 128 valence electrons. The van der Waals surface area contributed by atoms with Crippen LogP contribution in [0.4, 0.5) is 5.69 Å². The first-order valence-electron chi connectivity index (χ1n) is 8.28. The van der Waals surface area contributed by atoms with Crippen LogP contribution in [0.25, 0.3) is 0 Å². The summed E-state index contributed by atoms with van der Waals surface area (Å²) in [6, 6.07) is 5.78. The highest BCUT2D eigenvalue weighted by molar-refractivity contribution is 5.92. The molecule has 2 N–H and O–H groups in total. The average molecular weight is 320 g/mol. The van der Waals surface area contributed by atoms with Gasteiger partial charge < -0.3 is 20.1 Å². The molecule has 0 saturated heterocycles. The van der Waals surface area contributed by atoms with Gasteiger partial charge in [0.15, 0.2) is 0 Å². The van der Waals surface area contributed by atoms with Gasteiger partial charge >= 0.3 is 0 Å². The third kappa shape index (κ3) is 5.13. The van der Waals surface area contributed by atoms with Crippen molar-refractivity contribution in [2.75, 3.05) is 26.1 Å². The molecule has 5 nitrogen and oxygen atoms in total. The van der Waals surface area contributed by atoms with E-state index in [1.54, 1.807) is 32.4 Å². The summed E-state index contributed by atoms with van der Waals surface area (Å²) in [5.74, 6) is 2.76. The van der Waals surface area contributed by atoms with E-state index in [0.29, 0.717) is 35.7 Å². The minimum atomic E-state index is -0.0495. The van der Waals surface area contributed by atoms with Crippen molar-refractivity contribution in [2.45, 2.75) is 39.2 Å². The van der Waals surface area contributed by atoms with Crippen molar-refractivity contribution < 1.29 is 14.3 Å². The molecule has 1 aromatic carbocycles. The molecule has 1 aliphatic carbocycles. The standard InChI is InChI=1S/C18H28N2O3/c1-12-5-6-14(7-13(12)2)19-11-18(21)20-15-8-16(22-3)10-17(9-15)23-4/h8-10,12-14,19H,5-7,11H2,1-4H3,(H,20,21). The van der Waals surface area contributed by atoms with Crippen LogP contribution in [0.2, 0.25) is 0 Å². The van der Waals surface area contributed by atoms with Crippen LogP contribution < -0.4 is 20.1 Å². The summed E-state index contributed by atoms with van der Waals surface area (Å²) >= 11 is 0. The lowest BCUT2D eigenvalue weighted by atomic mass is 9.79. The molecule has 1 aromatic rings. The molecule has 1 aliphatic rings. The van der Waals surface area contributed by atoms with Crippen LogP contribution in [0, 0.1) is 11.8 Å². The van der Waals surface area contributed by atoms with Crippen molar-refractivity contribution in [3.63, 3.8) is 0 Å². The minimum Gasteiger partial charge on any atom is -0.497 e. The first-order valence-corrected chi connectivity index (χ1v) is 8.28. The summed E-state index contributed by atoms with van der Waals surface area (Å²) in [7, 11) is 3.18. The summed E-state index contributed by atoms with van der Waals surface area (Å²) in [4.78, 5) is 12.1.